The molecule has 1 amide bonds. The molecule has 7 nitrogen and oxygen atoms in total. The molecule has 0 radical (unpaired) electrons. The van der Waals surface area contributed by atoms with Crippen molar-refractivity contribution in [3.63, 3.8) is 0 Å². The van der Waals surface area contributed by atoms with Gasteiger partial charge in [-0.15, -0.1) is 0 Å². The highest BCUT2D eigenvalue weighted by molar-refractivity contribution is 5.84. The summed E-state index contributed by atoms with van der Waals surface area (Å²) in [6.07, 6.45) is 1.25. The van der Waals surface area contributed by atoms with Crippen LogP contribution in [0.2, 0.25) is 0 Å². The molecule has 7 heteroatoms. The van der Waals surface area contributed by atoms with Crippen LogP contribution in [0.4, 0.5) is 10.7 Å². The number of rotatable bonds is 4. The molecule has 1 aromatic heterocycles. The maximum absolute atomic E-state index is 11.5. The zero-order valence-electron chi connectivity index (χ0n) is 11.3. The third-order valence-electron chi connectivity index (χ3n) is 3.18. The molecule has 0 aliphatic carbocycles. The summed E-state index contributed by atoms with van der Waals surface area (Å²) in [6, 6.07) is 3.17. The van der Waals surface area contributed by atoms with Gasteiger partial charge in [-0.25, -0.2) is 9.59 Å². The molecule has 1 aliphatic heterocycles. The fraction of sp³-hybridized carbons (Fsp3) is 0.538. The van der Waals surface area contributed by atoms with E-state index in [4.69, 9.17) is 14.3 Å². The average molecular weight is 282 g/mol. The van der Waals surface area contributed by atoms with Gasteiger partial charge in [-0.2, -0.15) is 0 Å². The van der Waals surface area contributed by atoms with Crippen LogP contribution in [-0.4, -0.2) is 47.8 Å². The molecule has 0 aromatic carbocycles. The summed E-state index contributed by atoms with van der Waals surface area (Å²) in [6.45, 7) is 3.39. The Kier molecular flexibility index (Phi) is 4.49. The Hall–Kier alpha value is -2.18. The van der Waals surface area contributed by atoms with Crippen molar-refractivity contribution in [2.45, 2.75) is 25.8 Å². The fourth-order valence-electron chi connectivity index (χ4n) is 2.15. The quantitative estimate of drug-likeness (QED) is 0.877. The van der Waals surface area contributed by atoms with Gasteiger partial charge in [0.1, 0.15) is 0 Å². The number of nitrogens with one attached hydrogen (secondary N) is 1. The molecule has 0 spiro atoms. The van der Waals surface area contributed by atoms with Crippen LogP contribution in [0.3, 0.4) is 0 Å². The molecule has 0 atom stereocenters. The van der Waals surface area contributed by atoms with Gasteiger partial charge in [0, 0.05) is 25.2 Å². The van der Waals surface area contributed by atoms with Gasteiger partial charge in [-0.05, 0) is 25.8 Å². The minimum atomic E-state index is -1.09. The number of anilines is 1. The Labute approximate surface area is 116 Å². The molecule has 2 rings (SSSR count). The number of carboxylic acids is 1. The van der Waals surface area contributed by atoms with Crippen LogP contribution >= 0.6 is 0 Å². The van der Waals surface area contributed by atoms with Gasteiger partial charge in [-0.1, -0.05) is 0 Å². The molecule has 1 aromatic rings. The second-order valence-corrected chi connectivity index (χ2v) is 4.57. The molecule has 1 aliphatic rings. The highest BCUT2D eigenvalue weighted by atomic mass is 16.6. The van der Waals surface area contributed by atoms with Crippen molar-refractivity contribution in [1.29, 1.82) is 0 Å². The molecule has 0 bridgehead atoms. The number of ether oxygens (including phenoxy) is 1. The van der Waals surface area contributed by atoms with Gasteiger partial charge in [0.05, 0.1) is 6.61 Å². The predicted octanol–water partition coefficient (Wildman–Crippen LogP) is 2.01. The van der Waals surface area contributed by atoms with Crippen LogP contribution in [0.5, 0.6) is 0 Å². The Morgan fingerprint density at radius 3 is 2.70 bits per heavy atom. The van der Waals surface area contributed by atoms with E-state index in [2.05, 4.69) is 5.32 Å². The van der Waals surface area contributed by atoms with Crippen molar-refractivity contribution in [2.24, 2.45) is 0 Å². The number of nitrogens with zero attached hydrogens (tertiary/aromatic N) is 1. The summed E-state index contributed by atoms with van der Waals surface area (Å²) < 4.78 is 10.1. The zero-order chi connectivity index (χ0) is 14.5. The largest absolute Gasteiger partial charge is 0.475 e. The van der Waals surface area contributed by atoms with Crippen molar-refractivity contribution < 1.29 is 23.8 Å². The lowest BCUT2D eigenvalue weighted by molar-refractivity contribution is 0.0663. The van der Waals surface area contributed by atoms with Gasteiger partial charge < -0.3 is 24.5 Å². The first-order valence-electron chi connectivity index (χ1n) is 6.61. The molecule has 0 saturated carbocycles. The first-order chi connectivity index (χ1) is 9.60. The normalized spacial score (nSPS) is 15.9. The molecule has 20 heavy (non-hydrogen) atoms. The molecule has 110 valence electrons. The van der Waals surface area contributed by atoms with E-state index in [9.17, 15) is 9.59 Å². The van der Waals surface area contributed by atoms with Crippen molar-refractivity contribution in [2.75, 3.05) is 25.0 Å². The number of likely N-dealkylation sites (tertiary alicyclic amines) is 1. The highest BCUT2D eigenvalue weighted by Crippen LogP contribution is 2.19. The Bertz CT molecular complexity index is 477. The summed E-state index contributed by atoms with van der Waals surface area (Å²) in [5, 5.41) is 11.9. The van der Waals surface area contributed by atoms with Crippen molar-refractivity contribution in [1.82, 2.24) is 4.90 Å². The monoisotopic (exact) mass is 282 g/mol. The minimum Gasteiger partial charge on any atom is -0.475 e. The molecule has 0 unspecified atom stereocenters. The summed E-state index contributed by atoms with van der Waals surface area (Å²) in [5.74, 6) is -0.733. The molecule has 2 heterocycles. The van der Waals surface area contributed by atoms with E-state index < -0.39 is 5.97 Å². The topological polar surface area (TPSA) is 92.0 Å². The van der Waals surface area contributed by atoms with Gasteiger partial charge in [0.15, 0.2) is 5.88 Å². The second-order valence-electron chi connectivity index (χ2n) is 4.57. The van der Waals surface area contributed by atoms with Gasteiger partial charge in [0.25, 0.3) is 0 Å². The lowest BCUT2D eigenvalue weighted by Crippen LogP contribution is -2.42. The number of hydrogen-bond acceptors (Lipinski definition) is 5. The smallest absolute Gasteiger partial charge is 0.409 e. The SMILES string of the molecule is CCOC(=O)N1CCC(Nc2ccc(C(=O)O)o2)CC1. The minimum absolute atomic E-state index is 0.0866. The number of furan rings is 1. The lowest BCUT2D eigenvalue weighted by Gasteiger charge is -2.31. The number of carbonyl (C=O) groups is 2. The van der Waals surface area contributed by atoms with E-state index >= 15 is 0 Å². The van der Waals surface area contributed by atoms with E-state index in [0.29, 0.717) is 25.6 Å². The first-order valence-corrected chi connectivity index (χ1v) is 6.61. The summed E-state index contributed by atoms with van der Waals surface area (Å²) in [4.78, 5) is 23.9. The number of carbonyl (C=O) groups excluding carboxylic acids is 1. The van der Waals surface area contributed by atoms with Crippen molar-refractivity contribution in [3.8, 4) is 0 Å². The third-order valence-corrected chi connectivity index (χ3v) is 3.18. The van der Waals surface area contributed by atoms with E-state index in [1.807, 2.05) is 0 Å². The Morgan fingerprint density at radius 2 is 2.15 bits per heavy atom. The van der Waals surface area contributed by atoms with Crippen LogP contribution in [0.15, 0.2) is 16.5 Å². The fourth-order valence-corrected chi connectivity index (χ4v) is 2.15. The molecule has 1 fully saturated rings. The van der Waals surface area contributed by atoms with Gasteiger partial charge >= 0.3 is 12.1 Å². The van der Waals surface area contributed by atoms with Gasteiger partial charge in [0.2, 0.25) is 5.76 Å². The molecular weight excluding hydrogens is 264 g/mol. The van der Waals surface area contributed by atoms with E-state index in [1.165, 1.54) is 6.07 Å². The molecular formula is C13H18N2O5. The summed E-state index contributed by atoms with van der Waals surface area (Å²) >= 11 is 0. The van der Waals surface area contributed by atoms with Crippen LogP contribution in [0.1, 0.15) is 30.3 Å². The van der Waals surface area contributed by atoms with Crippen molar-refractivity contribution in [3.05, 3.63) is 17.9 Å². The highest BCUT2D eigenvalue weighted by Gasteiger charge is 2.24. The second kappa shape index (κ2) is 6.31. The maximum Gasteiger partial charge on any atom is 0.409 e. The van der Waals surface area contributed by atoms with Crippen LogP contribution < -0.4 is 5.32 Å². The van der Waals surface area contributed by atoms with Gasteiger partial charge in [-0.3, -0.25) is 0 Å². The summed E-state index contributed by atoms with van der Waals surface area (Å²) in [5.41, 5.74) is 0. The molecule has 1 saturated heterocycles. The predicted molar refractivity (Wildman–Crippen MR) is 70.9 cm³/mol. The van der Waals surface area contributed by atoms with E-state index in [-0.39, 0.29) is 17.9 Å². The Morgan fingerprint density at radius 1 is 1.45 bits per heavy atom. The zero-order valence-corrected chi connectivity index (χ0v) is 11.3. The first kappa shape index (κ1) is 14.2. The number of aromatic carboxylic acids is 1. The average Bonchev–Trinajstić information content (AvgIpc) is 2.88. The van der Waals surface area contributed by atoms with Crippen LogP contribution in [-0.2, 0) is 4.74 Å². The van der Waals surface area contributed by atoms with Crippen LogP contribution in [0, 0.1) is 0 Å². The van der Waals surface area contributed by atoms with Crippen molar-refractivity contribution >= 4 is 17.9 Å². The maximum atomic E-state index is 11.5. The van der Waals surface area contributed by atoms with Crippen LogP contribution in [0.25, 0.3) is 0 Å². The number of amides is 1. The summed E-state index contributed by atoms with van der Waals surface area (Å²) in [7, 11) is 0. The number of carboxylic acid groups (broad SMARTS) is 1. The number of hydrogen-bond donors (Lipinski definition) is 2. The van der Waals surface area contributed by atoms with E-state index in [1.54, 1.807) is 17.9 Å². The number of piperidine rings is 1. The lowest BCUT2D eigenvalue weighted by atomic mass is 10.1. The standard InChI is InChI=1S/C13H18N2O5/c1-2-19-13(18)15-7-5-9(6-8-15)14-11-4-3-10(20-11)12(16)17/h3-4,9,14H,2,5-8H2,1H3,(H,16,17). The molecule has 2 N–H and O–H groups in total. The third kappa shape index (κ3) is 3.43. The van der Waals surface area contributed by atoms with E-state index in [0.717, 1.165) is 12.8 Å². The Balaban J connectivity index is 1.82.